The van der Waals surface area contributed by atoms with Crippen LogP contribution < -0.4 is 0 Å². The Balaban J connectivity index is 1.19. The predicted molar refractivity (Wildman–Crippen MR) is 221 cm³/mol. The maximum absolute atomic E-state index is 6.68. The molecule has 0 spiro atoms. The second kappa shape index (κ2) is 11.7. The summed E-state index contributed by atoms with van der Waals surface area (Å²) in [6, 6.07) is 62.2. The summed E-state index contributed by atoms with van der Waals surface area (Å²) in [5.41, 5.74) is 12.1. The van der Waals surface area contributed by atoms with Gasteiger partial charge in [0, 0.05) is 32.7 Å². The van der Waals surface area contributed by atoms with Crippen LogP contribution in [0.5, 0.6) is 0 Å². The van der Waals surface area contributed by atoms with Crippen molar-refractivity contribution in [1.82, 2.24) is 9.97 Å². The van der Waals surface area contributed by atoms with Crippen molar-refractivity contribution >= 4 is 65.3 Å². The lowest BCUT2D eigenvalue weighted by atomic mass is 9.92. The molecule has 0 saturated heterocycles. The number of fused-ring (bicyclic) bond motifs is 11. The van der Waals surface area contributed by atoms with Crippen molar-refractivity contribution < 1.29 is 4.42 Å². The SMILES string of the molecule is c1ccc(-c2ccc3c4ccc(-c5ccccc5)cc4c4nc(-c5ccccc5-c5cc6ccccc6c6c5oc5ccccc56)cnc4c3c2)cc1. The lowest BCUT2D eigenvalue weighted by Crippen LogP contribution is -1.95. The third kappa shape index (κ3) is 4.68. The highest BCUT2D eigenvalue weighted by Crippen LogP contribution is 2.44. The summed E-state index contributed by atoms with van der Waals surface area (Å²) in [6.45, 7) is 0. The summed E-state index contributed by atoms with van der Waals surface area (Å²) in [7, 11) is 0. The van der Waals surface area contributed by atoms with Gasteiger partial charge in [0.2, 0.25) is 0 Å². The van der Waals surface area contributed by atoms with Gasteiger partial charge in [-0.15, -0.1) is 0 Å². The number of aromatic nitrogens is 2. The number of hydrogen-bond acceptors (Lipinski definition) is 3. The van der Waals surface area contributed by atoms with Gasteiger partial charge in [0.25, 0.3) is 0 Å². The van der Waals surface area contributed by atoms with E-state index in [0.29, 0.717) is 0 Å². The molecular weight excluding hydrogens is 645 g/mol. The van der Waals surface area contributed by atoms with Crippen LogP contribution in [0.15, 0.2) is 187 Å². The molecule has 53 heavy (non-hydrogen) atoms. The Hall–Kier alpha value is -7.10. The standard InChI is InChI=1S/C50H30N2O/c1-3-13-31(14-4-1)33-23-25-38-39-26-24-34(32-15-5-2-6-16-32)28-43(39)49-48(42(38)27-33)51-30-45(52-49)40-20-10-9-19-37(40)44-29-35-17-7-8-18-36(35)47-41-21-11-12-22-46(41)53-50(44)47/h1-30H. The molecule has 0 saturated carbocycles. The molecule has 3 nitrogen and oxygen atoms in total. The fraction of sp³-hybridized carbons (Fsp3) is 0. The Bertz CT molecular complexity index is 3220. The van der Waals surface area contributed by atoms with Crippen molar-refractivity contribution in [1.29, 1.82) is 0 Å². The molecule has 246 valence electrons. The minimum Gasteiger partial charge on any atom is -0.455 e. The molecule has 3 heteroatoms. The van der Waals surface area contributed by atoms with Crippen LogP contribution in [-0.2, 0) is 0 Å². The first-order valence-corrected chi connectivity index (χ1v) is 18.0. The zero-order valence-electron chi connectivity index (χ0n) is 28.6. The zero-order chi connectivity index (χ0) is 34.9. The van der Waals surface area contributed by atoms with Crippen LogP contribution >= 0.6 is 0 Å². The summed E-state index contributed by atoms with van der Waals surface area (Å²) in [4.78, 5) is 10.8. The van der Waals surface area contributed by atoms with Gasteiger partial charge < -0.3 is 4.42 Å². The molecule has 0 atom stereocenters. The minimum atomic E-state index is 0.815. The molecule has 0 aliphatic carbocycles. The minimum absolute atomic E-state index is 0.815. The van der Waals surface area contributed by atoms with E-state index in [1.54, 1.807) is 0 Å². The van der Waals surface area contributed by atoms with Crippen molar-refractivity contribution in [3.63, 3.8) is 0 Å². The highest BCUT2D eigenvalue weighted by atomic mass is 16.3. The van der Waals surface area contributed by atoms with Crippen molar-refractivity contribution in [3.8, 4) is 44.6 Å². The molecule has 0 N–H and O–H groups in total. The van der Waals surface area contributed by atoms with Gasteiger partial charge in [-0.1, -0.05) is 152 Å². The highest BCUT2D eigenvalue weighted by Gasteiger charge is 2.20. The fourth-order valence-corrected chi connectivity index (χ4v) is 8.19. The van der Waals surface area contributed by atoms with Gasteiger partial charge in [0.15, 0.2) is 0 Å². The lowest BCUT2D eigenvalue weighted by Gasteiger charge is -2.15. The molecule has 0 aliphatic rings. The quantitative estimate of drug-likeness (QED) is 0.174. The predicted octanol–water partition coefficient (Wildman–Crippen LogP) is 13.7. The number of nitrogens with zero attached hydrogens (tertiary/aromatic N) is 2. The monoisotopic (exact) mass is 674 g/mol. The number of rotatable bonds is 4. The first-order valence-electron chi connectivity index (χ1n) is 18.0. The Morgan fingerprint density at radius 2 is 0.962 bits per heavy atom. The van der Waals surface area contributed by atoms with E-state index in [1.807, 2.05) is 12.3 Å². The topological polar surface area (TPSA) is 38.9 Å². The summed E-state index contributed by atoms with van der Waals surface area (Å²) in [5.74, 6) is 0. The van der Waals surface area contributed by atoms with Crippen molar-refractivity contribution in [2.75, 3.05) is 0 Å². The maximum atomic E-state index is 6.68. The first-order chi connectivity index (χ1) is 26.3. The molecule has 0 unspecified atom stereocenters. The first kappa shape index (κ1) is 29.6. The van der Waals surface area contributed by atoms with Crippen molar-refractivity contribution in [2.45, 2.75) is 0 Å². The Morgan fingerprint density at radius 1 is 0.377 bits per heavy atom. The Kier molecular flexibility index (Phi) is 6.55. The van der Waals surface area contributed by atoms with Crippen LogP contribution in [0.2, 0.25) is 0 Å². The third-order valence-electron chi connectivity index (χ3n) is 10.7. The van der Waals surface area contributed by atoms with Crippen LogP contribution in [0.3, 0.4) is 0 Å². The van der Waals surface area contributed by atoms with E-state index in [1.165, 1.54) is 21.9 Å². The van der Waals surface area contributed by atoms with Crippen molar-refractivity contribution in [2.24, 2.45) is 0 Å². The molecule has 11 rings (SSSR count). The van der Waals surface area contributed by atoms with Crippen LogP contribution in [0.4, 0.5) is 0 Å². The van der Waals surface area contributed by atoms with E-state index >= 15 is 0 Å². The van der Waals surface area contributed by atoms with Gasteiger partial charge in [0.05, 0.1) is 22.9 Å². The fourth-order valence-electron chi connectivity index (χ4n) is 8.19. The van der Waals surface area contributed by atoms with E-state index in [4.69, 9.17) is 14.4 Å². The van der Waals surface area contributed by atoms with E-state index in [0.717, 1.165) is 88.0 Å². The van der Waals surface area contributed by atoms with Gasteiger partial charge in [0.1, 0.15) is 11.2 Å². The highest BCUT2D eigenvalue weighted by molar-refractivity contribution is 6.25. The van der Waals surface area contributed by atoms with E-state index in [-0.39, 0.29) is 0 Å². The molecule has 2 aromatic heterocycles. The van der Waals surface area contributed by atoms with E-state index in [2.05, 4.69) is 170 Å². The lowest BCUT2D eigenvalue weighted by molar-refractivity contribution is 0.670. The van der Waals surface area contributed by atoms with Crippen LogP contribution in [0.25, 0.3) is 110 Å². The number of hydrogen-bond donors (Lipinski definition) is 0. The molecule has 0 fully saturated rings. The van der Waals surface area contributed by atoms with E-state index < -0.39 is 0 Å². The number of furan rings is 1. The second-order valence-corrected chi connectivity index (χ2v) is 13.7. The Labute approximate surface area is 305 Å². The van der Waals surface area contributed by atoms with Crippen LogP contribution in [0, 0.1) is 0 Å². The summed E-state index contributed by atoms with van der Waals surface area (Å²) in [6.07, 6.45) is 1.94. The van der Waals surface area contributed by atoms with Gasteiger partial charge in [-0.25, -0.2) is 4.98 Å². The second-order valence-electron chi connectivity index (χ2n) is 13.7. The zero-order valence-corrected chi connectivity index (χ0v) is 28.6. The summed E-state index contributed by atoms with van der Waals surface area (Å²) >= 11 is 0. The molecule has 11 aromatic rings. The molecule has 0 radical (unpaired) electrons. The average molecular weight is 675 g/mol. The normalized spacial score (nSPS) is 11.8. The average Bonchev–Trinajstić information content (AvgIpc) is 3.64. The van der Waals surface area contributed by atoms with E-state index in [9.17, 15) is 0 Å². The number of benzene rings is 9. The molecule has 2 heterocycles. The molecule has 9 aromatic carbocycles. The molecule has 0 aliphatic heterocycles. The smallest absolute Gasteiger partial charge is 0.143 e. The van der Waals surface area contributed by atoms with Gasteiger partial charge in [-0.3, -0.25) is 4.98 Å². The van der Waals surface area contributed by atoms with Gasteiger partial charge in [-0.2, -0.15) is 0 Å². The van der Waals surface area contributed by atoms with Crippen LogP contribution in [-0.4, -0.2) is 9.97 Å². The Morgan fingerprint density at radius 3 is 1.68 bits per heavy atom. The van der Waals surface area contributed by atoms with Gasteiger partial charge in [-0.05, 0) is 73.6 Å². The maximum Gasteiger partial charge on any atom is 0.143 e. The molecule has 0 amide bonds. The largest absolute Gasteiger partial charge is 0.455 e. The molecular formula is C50H30N2O. The van der Waals surface area contributed by atoms with Crippen LogP contribution in [0.1, 0.15) is 0 Å². The van der Waals surface area contributed by atoms with Crippen molar-refractivity contribution in [3.05, 3.63) is 182 Å². The summed E-state index contributed by atoms with van der Waals surface area (Å²) < 4.78 is 6.68. The number of para-hydroxylation sites is 1. The molecule has 0 bridgehead atoms. The third-order valence-corrected chi connectivity index (χ3v) is 10.7. The summed E-state index contributed by atoms with van der Waals surface area (Å²) in [5, 5.41) is 9.09. The van der Waals surface area contributed by atoms with Gasteiger partial charge >= 0.3 is 0 Å².